The summed E-state index contributed by atoms with van der Waals surface area (Å²) >= 11 is 5.21. The van der Waals surface area contributed by atoms with Gasteiger partial charge in [0.1, 0.15) is 0 Å². The summed E-state index contributed by atoms with van der Waals surface area (Å²) in [6.45, 7) is 1.94. The SMILES string of the molecule is B=C[C@@H]1CC(O)[C@H](C/C=C\COCC(=O)O)[C@H]1/C=C/C(=O)CCc1cc(Br)c(C)s1. The van der Waals surface area contributed by atoms with Crippen LogP contribution in [0.15, 0.2) is 34.8 Å². The number of aliphatic hydroxyl groups is 1. The third kappa shape index (κ3) is 7.73. The summed E-state index contributed by atoms with van der Waals surface area (Å²) in [5.41, 5.74) is 0. The van der Waals surface area contributed by atoms with Crippen LogP contribution in [0.4, 0.5) is 0 Å². The maximum atomic E-state index is 12.4. The van der Waals surface area contributed by atoms with E-state index < -0.39 is 12.1 Å². The molecule has 2 N–H and O–H groups in total. The molecule has 8 heteroatoms. The van der Waals surface area contributed by atoms with Crippen LogP contribution in [0.2, 0.25) is 0 Å². The van der Waals surface area contributed by atoms with Gasteiger partial charge in [0.15, 0.2) is 0 Å². The van der Waals surface area contributed by atoms with Gasteiger partial charge in [0.05, 0.1) is 0 Å². The van der Waals surface area contributed by atoms with Crippen LogP contribution in [-0.2, 0) is 20.7 Å². The van der Waals surface area contributed by atoms with E-state index in [9.17, 15) is 14.7 Å². The fraction of sp³-hybridized carbons (Fsp3) is 0.500. The fourth-order valence-corrected chi connectivity index (χ4v) is 5.36. The van der Waals surface area contributed by atoms with Gasteiger partial charge in [0, 0.05) is 0 Å². The Morgan fingerprint density at radius 1 is 1.40 bits per heavy atom. The second-order valence-corrected chi connectivity index (χ2v) is 9.70. The Bertz CT molecular complexity index is 784. The molecule has 0 spiro atoms. The number of rotatable bonds is 12. The first-order valence-electron chi connectivity index (χ1n) is 10.0. The molecule has 0 aromatic carbocycles. The average molecular weight is 495 g/mol. The Labute approximate surface area is 191 Å². The molecule has 1 aromatic rings. The number of hydrogen-bond acceptors (Lipinski definition) is 5. The van der Waals surface area contributed by atoms with E-state index in [0.717, 1.165) is 10.9 Å². The summed E-state index contributed by atoms with van der Waals surface area (Å²) in [4.78, 5) is 25.2. The van der Waals surface area contributed by atoms with Crippen molar-refractivity contribution in [2.75, 3.05) is 13.2 Å². The standard InChI is InChI=1S/C22H28BBrO5S/c1-14-20(24)11-17(30-14)7-5-16(25)6-8-18-15(12-23)10-21(26)19(18)4-2-3-9-29-13-22(27)28/h2-3,6,8,11-12,15,18-19,21,23,26H,4-5,7,9-10,13H2,1H3,(H,27,28)/b3-2-,8-6+/t15-,18-,19+,21?/m0/s1. The van der Waals surface area contributed by atoms with E-state index in [-0.39, 0.29) is 36.8 Å². The zero-order valence-corrected chi connectivity index (χ0v) is 19.5. The van der Waals surface area contributed by atoms with Crippen molar-refractivity contribution in [1.29, 1.82) is 0 Å². The molecule has 1 aliphatic rings. The molecule has 5 nitrogen and oxygen atoms in total. The summed E-state index contributed by atoms with van der Waals surface area (Å²) in [6.07, 6.45) is 9.24. The summed E-state index contributed by atoms with van der Waals surface area (Å²) < 4.78 is 6.07. The molecule has 1 saturated carbocycles. The summed E-state index contributed by atoms with van der Waals surface area (Å²) in [5, 5.41) is 19.0. The minimum absolute atomic E-state index is 0.0105. The number of aliphatic hydroxyl groups excluding tert-OH is 1. The predicted molar refractivity (Wildman–Crippen MR) is 126 cm³/mol. The minimum atomic E-state index is -1.000. The van der Waals surface area contributed by atoms with E-state index in [4.69, 9.17) is 9.84 Å². The monoisotopic (exact) mass is 494 g/mol. The number of aliphatic carboxylic acids is 1. The van der Waals surface area contributed by atoms with Crippen LogP contribution in [0, 0.1) is 24.7 Å². The number of thiophene rings is 1. The number of hydrogen-bond donors (Lipinski definition) is 2. The third-order valence-electron chi connectivity index (χ3n) is 5.34. The first-order chi connectivity index (χ1) is 14.3. The van der Waals surface area contributed by atoms with E-state index in [2.05, 4.69) is 29.5 Å². The molecule has 1 aliphatic carbocycles. The van der Waals surface area contributed by atoms with Crippen LogP contribution in [0.1, 0.15) is 29.0 Å². The van der Waals surface area contributed by atoms with Crippen LogP contribution >= 0.6 is 27.3 Å². The Morgan fingerprint density at radius 3 is 2.80 bits per heavy atom. The topological polar surface area (TPSA) is 83.8 Å². The molecule has 162 valence electrons. The van der Waals surface area contributed by atoms with Gasteiger partial charge in [-0.05, 0) is 0 Å². The van der Waals surface area contributed by atoms with Crippen LogP contribution in [-0.4, -0.2) is 54.7 Å². The number of carboxylic acid groups (broad SMARTS) is 1. The predicted octanol–water partition coefficient (Wildman–Crippen LogP) is 3.24. The van der Waals surface area contributed by atoms with Gasteiger partial charge in [-0.3, -0.25) is 0 Å². The molecule has 0 aliphatic heterocycles. The van der Waals surface area contributed by atoms with Crippen molar-refractivity contribution >= 4 is 52.5 Å². The van der Waals surface area contributed by atoms with Gasteiger partial charge in [0.25, 0.3) is 0 Å². The number of halogens is 1. The Morgan fingerprint density at radius 2 is 2.17 bits per heavy atom. The van der Waals surface area contributed by atoms with Crippen molar-refractivity contribution < 1.29 is 24.5 Å². The number of allylic oxidation sites excluding steroid dienone is 3. The van der Waals surface area contributed by atoms with Crippen LogP contribution < -0.4 is 0 Å². The van der Waals surface area contributed by atoms with Crippen molar-refractivity contribution in [2.24, 2.45) is 17.8 Å². The van der Waals surface area contributed by atoms with Gasteiger partial charge in [-0.2, -0.15) is 0 Å². The van der Waals surface area contributed by atoms with Gasteiger partial charge in [0.2, 0.25) is 0 Å². The van der Waals surface area contributed by atoms with Crippen molar-refractivity contribution in [3.8, 4) is 0 Å². The Kier molecular flexibility index (Phi) is 10.4. The van der Waals surface area contributed by atoms with Crippen LogP contribution in [0.5, 0.6) is 0 Å². The van der Waals surface area contributed by atoms with Crippen LogP contribution in [0.25, 0.3) is 0 Å². The third-order valence-corrected chi connectivity index (χ3v) is 7.54. The molecule has 1 aromatic heterocycles. The van der Waals surface area contributed by atoms with E-state index in [1.807, 2.05) is 25.0 Å². The van der Waals surface area contributed by atoms with E-state index in [1.165, 1.54) is 9.75 Å². The average Bonchev–Trinajstić information content (AvgIpc) is 3.19. The Hall–Kier alpha value is -1.35. The zero-order chi connectivity index (χ0) is 22.1. The summed E-state index contributed by atoms with van der Waals surface area (Å²) in [5.74, 6) is 1.10. The van der Waals surface area contributed by atoms with Crippen molar-refractivity contribution in [3.05, 3.63) is 44.6 Å². The molecular formula is C22H28BBrO5S. The van der Waals surface area contributed by atoms with Crippen molar-refractivity contribution in [2.45, 2.75) is 38.7 Å². The van der Waals surface area contributed by atoms with Crippen LogP contribution in [0.3, 0.4) is 0 Å². The molecule has 0 radical (unpaired) electrons. The zero-order valence-electron chi connectivity index (χ0n) is 17.1. The molecule has 0 bridgehead atoms. The normalized spacial score (nSPS) is 24.1. The second-order valence-electron chi connectivity index (χ2n) is 7.50. The van der Waals surface area contributed by atoms with Gasteiger partial charge in [-0.15, -0.1) is 0 Å². The van der Waals surface area contributed by atoms with Crippen molar-refractivity contribution in [3.63, 3.8) is 0 Å². The first kappa shape index (κ1) is 24.9. The molecule has 1 heterocycles. The second kappa shape index (κ2) is 12.5. The van der Waals surface area contributed by atoms with Gasteiger partial charge in [-0.25, -0.2) is 0 Å². The van der Waals surface area contributed by atoms with Crippen molar-refractivity contribution in [1.82, 2.24) is 0 Å². The molecule has 1 unspecified atom stereocenters. The first-order valence-corrected chi connectivity index (χ1v) is 11.6. The summed E-state index contributed by atoms with van der Waals surface area (Å²) in [7, 11) is 3.89. The number of carboxylic acids is 1. The quantitative estimate of drug-likeness (QED) is 0.202. The summed E-state index contributed by atoms with van der Waals surface area (Å²) in [6, 6.07) is 2.07. The molecule has 0 amide bonds. The number of aryl methyl sites for hydroxylation is 2. The molecule has 1 fully saturated rings. The molecule has 4 atom stereocenters. The molecule has 30 heavy (non-hydrogen) atoms. The number of ketones is 1. The molecule has 2 rings (SSSR count). The number of carbonyl (C=O) groups is 2. The number of ether oxygens (including phenoxy) is 1. The van der Waals surface area contributed by atoms with Gasteiger partial charge < -0.3 is 0 Å². The van der Waals surface area contributed by atoms with Gasteiger partial charge in [-0.1, -0.05) is 0 Å². The van der Waals surface area contributed by atoms with Gasteiger partial charge >= 0.3 is 191 Å². The molecule has 0 saturated heterocycles. The van der Waals surface area contributed by atoms with E-state index >= 15 is 0 Å². The maximum absolute atomic E-state index is 12.4. The van der Waals surface area contributed by atoms with E-state index in [0.29, 0.717) is 19.3 Å². The molecular weight excluding hydrogens is 467 g/mol. The Balaban J connectivity index is 1.90. The van der Waals surface area contributed by atoms with E-state index in [1.54, 1.807) is 23.5 Å². The number of carbonyl (C=O) groups excluding carboxylic acids is 1. The fourth-order valence-electron chi connectivity index (χ4n) is 3.76.